The highest BCUT2D eigenvalue weighted by atomic mass is 35.5. The number of hydrogen-bond donors (Lipinski definition) is 1. The summed E-state index contributed by atoms with van der Waals surface area (Å²) in [5.74, 6) is -0.570. The van der Waals surface area contributed by atoms with Crippen LogP contribution in [0.5, 0.6) is 0 Å². The van der Waals surface area contributed by atoms with Gasteiger partial charge >= 0.3 is 0 Å². The number of carbonyl (C=O) groups is 1. The van der Waals surface area contributed by atoms with Crippen molar-refractivity contribution < 1.29 is 13.2 Å². The van der Waals surface area contributed by atoms with Crippen LogP contribution in [0.15, 0.2) is 52.5 Å². The summed E-state index contributed by atoms with van der Waals surface area (Å²) in [7, 11) is -3.60. The van der Waals surface area contributed by atoms with E-state index in [1.54, 1.807) is 30.3 Å². The average molecular weight is 475 g/mol. The maximum Gasteiger partial charge on any atom is 0.243 e. The van der Waals surface area contributed by atoms with E-state index in [0.29, 0.717) is 33.5 Å². The van der Waals surface area contributed by atoms with Gasteiger partial charge in [-0.2, -0.15) is 9.41 Å². The van der Waals surface area contributed by atoms with Gasteiger partial charge in [0.2, 0.25) is 15.9 Å². The molecule has 1 fully saturated rings. The molecule has 0 unspecified atom stereocenters. The Morgan fingerprint density at radius 1 is 1.03 bits per heavy atom. The Labute approximate surface area is 184 Å². The van der Waals surface area contributed by atoms with E-state index >= 15 is 0 Å². The van der Waals surface area contributed by atoms with E-state index in [1.165, 1.54) is 22.7 Å². The van der Waals surface area contributed by atoms with Crippen molar-refractivity contribution in [2.45, 2.75) is 17.7 Å². The fourth-order valence-electron chi connectivity index (χ4n) is 2.98. The van der Waals surface area contributed by atoms with Crippen LogP contribution in [0, 0.1) is 5.92 Å². The van der Waals surface area contributed by atoms with Gasteiger partial charge in [-0.05, 0) is 49.2 Å². The standard InChI is InChI=1S/C19H18Cl3N3O3S/c20-15-3-5-17(6-4-15)29(27,28)25-9-7-13(8-10-25)19(26)24-23-12-14-1-2-16(21)11-18(14)22/h1-6,11-13H,7-10H2,(H,24,26). The smallest absolute Gasteiger partial charge is 0.243 e. The van der Waals surface area contributed by atoms with Crippen LogP contribution in [0.2, 0.25) is 15.1 Å². The molecule has 10 heteroatoms. The SMILES string of the molecule is O=C(NN=Cc1ccc(Cl)cc1Cl)C1CCN(S(=O)(=O)c2ccc(Cl)cc2)CC1. The number of halogens is 3. The van der Waals surface area contributed by atoms with Crippen molar-refractivity contribution in [2.24, 2.45) is 11.0 Å². The van der Waals surface area contributed by atoms with E-state index < -0.39 is 10.0 Å². The molecule has 1 aliphatic rings. The molecule has 0 aromatic heterocycles. The Kier molecular flexibility index (Phi) is 7.19. The van der Waals surface area contributed by atoms with Gasteiger partial charge in [0.1, 0.15) is 0 Å². The van der Waals surface area contributed by atoms with Crippen LogP contribution in [0.4, 0.5) is 0 Å². The molecular formula is C19H18Cl3N3O3S. The maximum atomic E-state index is 12.7. The summed E-state index contributed by atoms with van der Waals surface area (Å²) in [6, 6.07) is 11.0. The first kappa shape index (κ1) is 22.1. The summed E-state index contributed by atoms with van der Waals surface area (Å²) in [5.41, 5.74) is 3.12. The number of hydrazone groups is 1. The average Bonchev–Trinajstić information content (AvgIpc) is 2.70. The zero-order chi connectivity index (χ0) is 21.0. The molecular weight excluding hydrogens is 457 g/mol. The molecule has 0 saturated carbocycles. The number of hydrogen-bond acceptors (Lipinski definition) is 4. The number of benzene rings is 2. The lowest BCUT2D eigenvalue weighted by molar-refractivity contribution is -0.126. The first-order valence-electron chi connectivity index (χ1n) is 8.81. The first-order valence-corrected chi connectivity index (χ1v) is 11.4. The first-order chi connectivity index (χ1) is 13.8. The molecule has 0 radical (unpaired) electrons. The molecule has 0 spiro atoms. The lowest BCUT2D eigenvalue weighted by atomic mass is 9.98. The minimum Gasteiger partial charge on any atom is -0.273 e. The Balaban J connectivity index is 1.55. The fourth-order valence-corrected chi connectivity index (χ4v) is 5.03. The Hall–Kier alpha value is -1.64. The molecule has 154 valence electrons. The molecule has 1 heterocycles. The maximum absolute atomic E-state index is 12.7. The molecule has 3 rings (SSSR count). The molecule has 0 bridgehead atoms. The largest absolute Gasteiger partial charge is 0.273 e. The molecule has 6 nitrogen and oxygen atoms in total. The minimum absolute atomic E-state index is 0.189. The molecule has 2 aromatic rings. The van der Waals surface area contributed by atoms with Gasteiger partial charge in [-0.15, -0.1) is 0 Å². The predicted octanol–water partition coefficient (Wildman–Crippen LogP) is 4.20. The lowest BCUT2D eigenvalue weighted by Crippen LogP contribution is -2.42. The number of nitrogens with one attached hydrogen (secondary N) is 1. The van der Waals surface area contributed by atoms with Gasteiger partial charge in [0, 0.05) is 34.6 Å². The summed E-state index contributed by atoms with van der Waals surface area (Å²) < 4.78 is 26.8. The van der Waals surface area contributed by atoms with Crippen LogP contribution in [-0.2, 0) is 14.8 Å². The fraction of sp³-hybridized carbons (Fsp3) is 0.263. The van der Waals surface area contributed by atoms with E-state index in [9.17, 15) is 13.2 Å². The molecule has 0 atom stereocenters. The monoisotopic (exact) mass is 473 g/mol. The second kappa shape index (κ2) is 9.45. The summed E-state index contributed by atoms with van der Waals surface area (Å²) in [5, 5.41) is 5.34. The van der Waals surface area contributed by atoms with Crippen LogP contribution < -0.4 is 5.43 Å². The predicted molar refractivity (Wildman–Crippen MR) is 115 cm³/mol. The van der Waals surface area contributed by atoms with Crippen molar-refractivity contribution in [3.63, 3.8) is 0 Å². The van der Waals surface area contributed by atoms with Crippen molar-refractivity contribution in [3.8, 4) is 0 Å². The van der Waals surface area contributed by atoms with Crippen LogP contribution >= 0.6 is 34.8 Å². The Morgan fingerprint density at radius 3 is 2.28 bits per heavy atom. The topological polar surface area (TPSA) is 78.8 Å². The highest BCUT2D eigenvalue weighted by molar-refractivity contribution is 7.89. The highest BCUT2D eigenvalue weighted by Gasteiger charge is 2.32. The molecule has 0 aliphatic carbocycles. The van der Waals surface area contributed by atoms with Crippen molar-refractivity contribution in [3.05, 3.63) is 63.1 Å². The zero-order valence-corrected chi connectivity index (χ0v) is 18.3. The molecule has 1 saturated heterocycles. The molecule has 1 N–H and O–H groups in total. The van der Waals surface area contributed by atoms with E-state index in [-0.39, 0.29) is 29.8 Å². The van der Waals surface area contributed by atoms with E-state index in [0.717, 1.165) is 0 Å². The second-order valence-electron chi connectivity index (χ2n) is 6.53. The van der Waals surface area contributed by atoms with Crippen LogP contribution in [-0.4, -0.2) is 37.9 Å². The lowest BCUT2D eigenvalue weighted by Gasteiger charge is -2.30. The third-order valence-corrected chi connectivity index (χ3v) is 7.34. The summed E-state index contributed by atoms with van der Waals surface area (Å²) in [6.45, 7) is 0.519. The van der Waals surface area contributed by atoms with Crippen LogP contribution in [0.25, 0.3) is 0 Å². The normalized spacial score (nSPS) is 16.2. The summed E-state index contributed by atoms with van der Waals surface area (Å²) >= 11 is 17.7. The van der Waals surface area contributed by atoms with Crippen molar-refractivity contribution in [1.82, 2.24) is 9.73 Å². The number of amides is 1. The minimum atomic E-state index is -3.60. The third-order valence-electron chi connectivity index (χ3n) is 4.62. The van der Waals surface area contributed by atoms with Gasteiger partial charge < -0.3 is 0 Å². The number of piperidine rings is 1. The van der Waals surface area contributed by atoms with E-state index in [2.05, 4.69) is 10.5 Å². The zero-order valence-electron chi connectivity index (χ0n) is 15.2. The van der Waals surface area contributed by atoms with Gasteiger partial charge in [-0.25, -0.2) is 13.8 Å². The van der Waals surface area contributed by atoms with Crippen molar-refractivity contribution in [1.29, 1.82) is 0 Å². The van der Waals surface area contributed by atoms with E-state index in [1.807, 2.05) is 0 Å². The Morgan fingerprint density at radius 2 is 1.66 bits per heavy atom. The molecule has 1 aliphatic heterocycles. The number of rotatable bonds is 5. The third kappa shape index (κ3) is 5.49. The van der Waals surface area contributed by atoms with Gasteiger partial charge in [-0.3, -0.25) is 4.79 Å². The molecule has 29 heavy (non-hydrogen) atoms. The molecule has 1 amide bonds. The summed E-state index contributed by atoms with van der Waals surface area (Å²) in [4.78, 5) is 12.5. The molecule has 2 aromatic carbocycles. The highest BCUT2D eigenvalue weighted by Crippen LogP contribution is 2.25. The number of nitrogens with zero attached hydrogens (tertiary/aromatic N) is 2. The number of carbonyl (C=O) groups excluding carboxylic acids is 1. The van der Waals surface area contributed by atoms with Crippen molar-refractivity contribution >= 4 is 56.9 Å². The summed E-state index contributed by atoms with van der Waals surface area (Å²) in [6.07, 6.45) is 2.27. The second-order valence-corrected chi connectivity index (χ2v) is 9.75. The number of sulfonamides is 1. The van der Waals surface area contributed by atoms with Gasteiger partial charge in [-0.1, -0.05) is 40.9 Å². The Bertz CT molecular complexity index is 1020. The quantitative estimate of drug-likeness (QED) is 0.521. The van der Waals surface area contributed by atoms with Gasteiger partial charge in [0.15, 0.2) is 0 Å². The van der Waals surface area contributed by atoms with Crippen LogP contribution in [0.3, 0.4) is 0 Å². The van der Waals surface area contributed by atoms with E-state index in [4.69, 9.17) is 34.8 Å². The van der Waals surface area contributed by atoms with Gasteiger partial charge in [0.05, 0.1) is 16.1 Å². The van der Waals surface area contributed by atoms with Crippen molar-refractivity contribution in [2.75, 3.05) is 13.1 Å². The van der Waals surface area contributed by atoms with Gasteiger partial charge in [0.25, 0.3) is 0 Å². The van der Waals surface area contributed by atoms with Crippen LogP contribution in [0.1, 0.15) is 18.4 Å².